The lowest BCUT2D eigenvalue weighted by molar-refractivity contribution is 0.0488. The Balaban J connectivity index is 1.90. The maximum atomic E-state index is 12.8. The number of nitrogens with zero attached hydrogens (tertiary/aromatic N) is 1. The van der Waals surface area contributed by atoms with E-state index in [1.54, 1.807) is 7.05 Å². The number of likely N-dealkylation sites (N-methyl/N-ethyl adjacent to an activating group) is 1. The van der Waals surface area contributed by atoms with Crippen molar-refractivity contribution in [3.05, 3.63) is 58.5 Å². The van der Waals surface area contributed by atoms with Crippen LogP contribution in [0, 0.1) is 0 Å². The Hall–Kier alpha value is -2.15. The van der Waals surface area contributed by atoms with Gasteiger partial charge in [-0.05, 0) is 32.1 Å². The summed E-state index contributed by atoms with van der Waals surface area (Å²) in [5.74, 6) is 0.428. The number of fused-ring (bicyclic) bond motifs is 2. The topological polar surface area (TPSA) is 77.7 Å². The second-order valence-electron chi connectivity index (χ2n) is 6.85. The number of carbonyl (C=O) groups excluding carboxylic acids is 1. The van der Waals surface area contributed by atoms with Crippen LogP contribution in [0.15, 0.2) is 34.9 Å². The van der Waals surface area contributed by atoms with Gasteiger partial charge in [-0.2, -0.15) is 0 Å². The molecule has 1 heterocycles. The predicted molar refractivity (Wildman–Crippen MR) is 105 cm³/mol. The number of amides is 1. The minimum absolute atomic E-state index is 0.222. The summed E-state index contributed by atoms with van der Waals surface area (Å²) in [5, 5.41) is 17.5. The van der Waals surface area contributed by atoms with E-state index in [1.165, 1.54) is 6.26 Å². The van der Waals surface area contributed by atoms with E-state index in [2.05, 4.69) is 29.4 Å². The van der Waals surface area contributed by atoms with E-state index in [4.69, 9.17) is 4.42 Å². The largest absolute Gasteiger partial charge is 0.468 e. The van der Waals surface area contributed by atoms with Crippen LogP contribution in [0.4, 0.5) is 0 Å². The van der Waals surface area contributed by atoms with Crippen LogP contribution >= 0.6 is 0 Å². The third-order valence-corrected chi connectivity index (χ3v) is 5.47. The normalized spacial score (nSPS) is 18.7. The van der Waals surface area contributed by atoms with Gasteiger partial charge in [0.1, 0.15) is 12.0 Å². The SMILES string of the molecule is CCN(CC)CCNC(=O)c1coc2c1C(O)(NC)c1ccccc1CC2. The van der Waals surface area contributed by atoms with E-state index in [-0.39, 0.29) is 5.91 Å². The van der Waals surface area contributed by atoms with E-state index < -0.39 is 5.72 Å². The van der Waals surface area contributed by atoms with Gasteiger partial charge in [0.2, 0.25) is 0 Å². The zero-order chi connectivity index (χ0) is 19.4. The van der Waals surface area contributed by atoms with Crippen molar-refractivity contribution >= 4 is 5.91 Å². The third-order valence-electron chi connectivity index (χ3n) is 5.47. The average Bonchev–Trinajstić information content (AvgIpc) is 3.09. The van der Waals surface area contributed by atoms with Crippen molar-refractivity contribution < 1.29 is 14.3 Å². The molecule has 1 unspecified atom stereocenters. The highest BCUT2D eigenvalue weighted by Crippen LogP contribution is 2.38. The summed E-state index contributed by atoms with van der Waals surface area (Å²) in [7, 11) is 1.70. The number of furan rings is 1. The van der Waals surface area contributed by atoms with Crippen molar-refractivity contribution in [3.8, 4) is 0 Å². The van der Waals surface area contributed by atoms with Crippen molar-refractivity contribution in [2.45, 2.75) is 32.4 Å². The molecule has 0 spiro atoms. The van der Waals surface area contributed by atoms with E-state index >= 15 is 0 Å². The minimum atomic E-state index is -1.46. The summed E-state index contributed by atoms with van der Waals surface area (Å²) >= 11 is 0. The molecular formula is C21H29N3O3. The van der Waals surface area contributed by atoms with Crippen molar-refractivity contribution in [2.75, 3.05) is 33.2 Å². The Bertz CT molecular complexity index is 798. The Morgan fingerprint density at radius 3 is 2.70 bits per heavy atom. The lowest BCUT2D eigenvalue weighted by Crippen LogP contribution is -2.43. The first-order valence-electron chi connectivity index (χ1n) is 9.66. The molecule has 6 heteroatoms. The fourth-order valence-electron chi connectivity index (χ4n) is 3.84. The van der Waals surface area contributed by atoms with Gasteiger partial charge in [-0.3, -0.25) is 10.1 Å². The van der Waals surface area contributed by atoms with E-state index in [9.17, 15) is 9.90 Å². The van der Waals surface area contributed by atoms with Crippen LogP contribution in [0.1, 0.15) is 46.7 Å². The Labute approximate surface area is 160 Å². The van der Waals surface area contributed by atoms with Crippen LogP contribution in [-0.4, -0.2) is 49.1 Å². The molecule has 1 amide bonds. The van der Waals surface area contributed by atoms with Gasteiger partial charge in [0.05, 0.1) is 11.1 Å². The van der Waals surface area contributed by atoms with E-state index in [0.717, 1.165) is 37.2 Å². The third kappa shape index (κ3) is 3.65. The highest BCUT2D eigenvalue weighted by molar-refractivity contribution is 5.96. The summed E-state index contributed by atoms with van der Waals surface area (Å²) in [6.45, 7) is 7.44. The lowest BCUT2D eigenvalue weighted by atomic mass is 9.90. The summed E-state index contributed by atoms with van der Waals surface area (Å²) in [6.07, 6.45) is 2.86. The lowest BCUT2D eigenvalue weighted by Gasteiger charge is -2.29. The van der Waals surface area contributed by atoms with Crippen LogP contribution in [0.2, 0.25) is 0 Å². The number of carbonyl (C=O) groups is 1. The van der Waals surface area contributed by atoms with Gasteiger partial charge in [0.25, 0.3) is 5.91 Å². The standard InChI is InChI=1S/C21H29N3O3/c1-4-24(5-2)13-12-23-20(25)16-14-27-18-11-10-15-8-6-7-9-17(15)21(26,22-3)19(16)18/h6-9,14,22,26H,4-5,10-13H2,1-3H3,(H,23,25). The Morgan fingerprint density at radius 1 is 1.26 bits per heavy atom. The minimum Gasteiger partial charge on any atom is -0.468 e. The molecule has 1 aromatic heterocycles. The van der Waals surface area contributed by atoms with Gasteiger partial charge in [-0.1, -0.05) is 38.1 Å². The maximum Gasteiger partial charge on any atom is 0.255 e. The van der Waals surface area contributed by atoms with Gasteiger partial charge < -0.3 is 19.7 Å². The van der Waals surface area contributed by atoms with E-state index in [0.29, 0.717) is 29.9 Å². The van der Waals surface area contributed by atoms with Crippen molar-refractivity contribution in [3.63, 3.8) is 0 Å². The second-order valence-corrected chi connectivity index (χ2v) is 6.85. The fourth-order valence-corrected chi connectivity index (χ4v) is 3.84. The first kappa shape index (κ1) is 19.6. The first-order chi connectivity index (χ1) is 13.0. The molecule has 3 N–H and O–H groups in total. The molecule has 0 aliphatic heterocycles. The van der Waals surface area contributed by atoms with Crippen molar-refractivity contribution in [1.82, 2.24) is 15.5 Å². The van der Waals surface area contributed by atoms with Crippen molar-refractivity contribution in [2.24, 2.45) is 0 Å². The predicted octanol–water partition coefficient (Wildman–Crippen LogP) is 1.86. The van der Waals surface area contributed by atoms with Crippen LogP contribution in [0.3, 0.4) is 0 Å². The number of hydrogen-bond donors (Lipinski definition) is 3. The van der Waals surface area contributed by atoms with Crippen LogP contribution in [0.25, 0.3) is 0 Å². The average molecular weight is 371 g/mol. The molecule has 146 valence electrons. The molecule has 3 rings (SSSR count). The maximum absolute atomic E-state index is 12.8. The molecule has 1 aliphatic rings. The molecule has 1 atom stereocenters. The van der Waals surface area contributed by atoms with Crippen molar-refractivity contribution in [1.29, 1.82) is 0 Å². The molecule has 1 aliphatic carbocycles. The summed E-state index contributed by atoms with van der Waals surface area (Å²) in [4.78, 5) is 15.1. The monoisotopic (exact) mass is 371 g/mol. The first-order valence-corrected chi connectivity index (χ1v) is 9.66. The molecule has 0 radical (unpaired) electrons. The van der Waals surface area contributed by atoms with E-state index in [1.807, 2.05) is 24.3 Å². The second kappa shape index (κ2) is 8.25. The summed E-state index contributed by atoms with van der Waals surface area (Å²) < 4.78 is 5.72. The zero-order valence-corrected chi connectivity index (χ0v) is 16.3. The highest BCUT2D eigenvalue weighted by atomic mass is 16.3. The molecule has 27 heavy (non-hydrogen) atoms. The summed E-state index contributed by atoms with van der Waals surface area (Å²) in [5.41, 5.74) is 1.27. The quantitative estimate of drug-likeness (QED) is 0.648. The molecule has 0 saturated carbocycles. The van der Waals surface area contributed by atoms with Gasteiger partial charge in [0, 0.05) is 25.1 Å². The molecule has 0 fully saturated rings. The van der Waals surface area contributed by atoms with Gasteiger partial charge in [-0.25, -0.2) is 0 Å². The number of aliphatic hydroxyl groups is 1. The number of rotatable bonds is 7. The van der Waals surface area contributed by atoms with Crippen LogP contribution in [0.5, 0.6) is 0 Å². The van der Waals surface area contributed by atoms with Crippen LogP contribution in [-0.2, 0) is 18.6 Å². The molecule has 6 nitrogen and oxygen atoms in total. The zero-order valence-electron chi connectivity index (χ0n) is 16.3. The molecule has 0 saturated heterocycles. The summed E-state index contributed by atoms with van der Waals surface area (Å²) in [6, 6.07) is 7.77. The van der Waals surface area contributed by atoms with Gasteiger partial charge in [0.15, 0.2) is 5.72 Å². The fraction of sp³-hybridized carbons (Fsp3) is 0.476. The highest BCUT2D eigenvalue weighted by Gasteiger charge is 2.41. The number of nitrogens with one attached hydrogen (secondary N) is 2. The number of hydrogen-bond acceptors (Lipinski definition) is 5. The van der Waals surface area contributed by atoms with Gasteiger partial charge >= 0.3 is 0 Å². The molecular weight excluding hydrogens is 342 g/mol. The molecule has 2 aromatic rings. The van der Waals surface area contributed by atoms with Crippen LogP contribution < -0.4 is 10.6 Å². The smallest absolute Gasteiger partial charge is 0.255 e. The molecule has 1 aromatic carbocycles. The number of aryl methyl sites for hydroxylation is 2. The Kier molecular flexibility index (Phi) is 5.99. The van der Waals surface area contributed by atoms with Gasteiger partial charge in [-0.15, -0.1) is 0 Å². The Morgan fingerprint density at radius 2 is 2.00 bits per heavy atom. The molecule has 0 bridgehead atoms. The number of benzene rings is 1.